The monoisotopic (exact) mass is 211 g/mol. The highest BCUT2D eigenvalue weighted by molar-refractivity contribution is 5.28. The number of benzene rings is 1. The van der Waals surface area contributed by atoms with E-state index < -0.39 is 0 Å². The zero-order valence-electron chi connectivity index (χ0n) is 9.85. The van der Waals surface area contributed by atoms with Gasteiger partial charge in [-0.25, -0.2) is 0 Å². The summed E-state index contributed by atoms with van der Waals surface area (Å²) in [7, 11) is 0. The van der Waals surface area contributed by atoms with Crippen LogP contribution < -0.4 is 0 Å². The van der Waals surface area contributed by atoms with Gasteiger partial charge in [0.2, 0.25) is 0 Å². The molecule has 1 atom stereocenters. The van der Waals surface area contributed by atoms with Crippen molar-refractivity contribution in [3.8, 4) is 0 Å². The van der Waals surface area contributed by atoms with Crippen LogP contribution in [0.2, 0.25) is 0 Å². The molecule has 1 aromatic heterocycles. The second kappa shape index (κ2) is 4.40. The molecule has 1 aromatic carbocycles. The minimum atomic E-state index is 0.230. The molecule has 0 aliphatic heterocycles. The van der Waals surface area contributed by atoms with Gasteiger partial charge >= 0.3 is 0 Å². The van der Waals surface area contributed by atoms with Gasteiger partial charge in [0.15, 0.2) is 0 Å². The summed E-state index contributed by atoms with van der Waals surface area (Å²) in [6.07, 6.45) is 6.33. The fourth-order valence-electron chi connectivity index (χ4n) is 1.93. The Morgan fingerprint density at radius 1 is 1.06 bits per heavy atom. The average Bonchev–Trinajstić information content (AvgIpc) is 2.61. The fraction of sp³-hybridized carbons (Fsp3) is 0.200. The van der Waals surface area contributed by atoms with Crippen LogP contribution in [0.1, 0.15) is 22.7 Å². The standard InChI is InChI=1S/C15H17N/c1-4-15(14-8-6-5-7-9-14)16-10-12(2)13(3)11-16/h4-11,15H,1H2,2-3H3. The van der Waals surface area contributed by atoms with Crippen molar-refractivity contribution in [3.63, 3.8) is 0 Å². The smallest absolute Gasteiger partial charge is 0.0761 e. The number of aryl methyl sites for hydroxylation is 2. The van der Waals surface area contributed by atoms with Crippen molar-refractivity contribution in [1.82, 2.24) is 4.57 Å². The van der Waals surface area contributed by atoms with E-state index in [4.69, 9.17) is 0 Å². The van der Waals surface area contributed by atoms with Crippen LogP contribution in [0.4, 0.5) is 0 Å². The highest BCUT2D eigenvalue weighted by Crippen LogP contribution is 2.21. The van der Waals surface area contributed by atoms with Gasteiger partial charge in [-0.3, -0.25) is 0 Å². The van der Waals surface area contributed by atoms with Crippen molar-refractivity contribution in [2.75, 3.05) is 0 Å². The minimum Gasteiger partial charge on any atom is -0.343 e. The van der Waals surface area contributed by atoms with E-state index in [1.54, 1.807) is 0 Å². The predicted molar refractivity (Wildman–Crippen MR) is 68.7 cm³/mol. The SMILES string of the molecule is C=CC(c1ccccc1)n1cc(C)c(C)c1. The lowest BCUT2D eigenvalue weighted by Crippen LogP contribution is -2.05. The molecule has 82 valence electrons. The van der Waals surface area contributed by atoms with Gasteiger partial charge in [0.25, 0.3) is 0 Å². The highest BCUT2D eigenvalue weighted by atomic mass is 15.0. The molecule has 0 aliphatic rings. The quantitative estimate of drug-likeness (QED) is 0.679. The van der Waals surface area contributed by atoms with E-state index in [2.05, 4.69) is 61.7 Å². The number of allylic oxidation sites excluding steroid dienone is 1. The van der Waals surface area contributed by atoms with Crippen molar-refractivity contribution in [2.45, 2.75) is 19.9 Å². The minimum absolute atomic E-state index is 0.230. The van der Waals surface area contributed by atoms with Gasteiger partial charge in [0.05, 0.1) is 6.04 Å². The number of hydrogen-bond donors (Lipinski definition) is 0. The molecule has 0 bridgehead atoms. The molecule has 0 saturated heterocycles. The van der Waals surface area contributed by atoms with Crippen LogP contribution in [-0.4, -0.2) is 4.57 Å². The summed E-state index contributed by atoms with van der Waals surface area (Å²) in [4.78, 5) is 0. The first-order valence-corrected chi connectivity index (χ1v) is 5.54. The highest BCUT2D eigenvalue weighted by Gasteiger charge is 2.09. The molecule has 0 saturated carbocycles. The lowest BCUT2D eigenvalue weighted by atomic mass is 10.1. The summed E-state index contributed by atoms with van der Waals surface area (Å²) in [5, 5.41) is 0. The van der Waals surface area contributed by atoms with Crippen LogP contribution in [0.15, 0.2) is 55.4 Å². The van der Waals surface area contributed by atoms with E-state index in [1.165, 1.54) is 16.7 Å². The molecule has 1 unspecified atom stereocenters. The number of hydrogen-bond acceptors (Lipinski definition) is 0. The maximum Gasteiger partial charge on any atom is 0.0761 e. The van der Waals surface area contributed by atoms with Gasteiger partial charge in [-0.2, -0.15) is 0 Å². The first-order chi connectivity index (χ1) is 7.72. The Morgan fingerprint density at radius 3 is 2.12 bits per heavy atom. The second-order valence-corrected chi connectivity index (χ2v) is 4.16. The molecule has 0 fully saturated rings. The summed E-state index contributed by atoms with van der Waals surface area (Å²) in [6, 6.07) is 10.7. The number of rotatable bonds is 3. The van der Waals surface area contributed by atoms with Crippen LogP contribution >= 0.6 is 0 Å². The van der Waals surface area contributed by atoms with E-state index in [1.807, 2.05) is 12.1 Å². The Bertz CT molecular complexity index is 460. The van der Waals surface area contributed by atoms with Gasteiger partial charge < -0.3 is 4.57 Å². The topological polar surface area (TPSA) is 4.93 Å². The van der Waals surface area contributed by atoms with E-state index in [0.29, 0.717) is 0 Å². The normalized spacial score (nSPS) is 12.4. The number of aromatic nitrogens is 1. The fourth-order valence-corrected chi connectivity index (χ4v) is 1.93. The molecule has 0 aliphatic carbocycles. The zero-order valence-corrected chi connectivity index (χ0v) is 9.85. The zero-order chi connectivity index (χ0) is 11.5. The largest absolute Gasteiger partial charge is 0.343 e. The maximum atomic E-state index is 3.93. The summed E-state index contributed by atoms with van der Waals surface area (Å²) in [5.41, 5.74) is 3.91. The summed E-state index contributed by atoms with van der Waals surface area (Å²) in [6.45, 7) is 8.20. The van der Waals surface area contributed by atoms with Crippen LogP contribution in [-0.2, 0) is 0 Å². The van der Waals surface area contributed by atoms with Gasteiger partial charge in [0, 0.05) is 12.4 Å². The molecule has 1 nitrogen and oxygen atoms in total. The third kappa shape index (κ3) is 1.94. The van der Waals surface area contributed by atoms with Crippen LogP contribution in [0.5, 0.6) is 0 Å². The number of nitrogens with zero attached hydrogens (tertiary/aromatic N) is 1. The Labute approximate surface area is 97.0 Å². The van der Waals surface area contributed by atoms with Crippen LogP contribution in [0, 0.1) is 13.8 Å². The summed E-state index contributed by atoms with van der Waals surface area (Å²) in [5.74, 6) is 0. The van der Waals surface area contributed by atoms with Crippen molar-refractivity contribution in [2.24, 2.45) is 0 Å². The maximum absolute atomic E-state index is 3.93. The second-order valence-electron chi connectivity index (χ2n) is 4.16. The molecular weight excluding hydrogens is 194 g/mol. The van der Waals surface area contributed by atoms with Crippen LogP contribution in [0.25, 0.3) is 0 Å². The lowest BCUT2D eigenvalue weighted by molar-refractivity contribution is 0.704. The van der Waals surface area contributed by atoms with Gasteiger partial charge in [-0.1, -0.05) is 36.4 Å². The lowest BCUT2D eigenvalue weighted by Gasteiger charge is -2.15. The summed E-state index contributed by atoms with van der Waals surface area (Å²) >= 11 is 0. The molecule has 16 heavy (non-hydrogen) atoms. The average molecular weight is 211 g/mol. The van der Waals surface area contributed by atoms with E-state index in [0.717, 1.165) is 0 Å². The molecule has 0 amide bonds. The van der Waals surface area contributed by atoms with Crippen molar-refractivity contribution < 1.29 is 0 Å². The molecule has 2 aromatic rings. The van der Waals surface area contributed by atoms with Gasteiger partial charge in [0.1, 0.15) is 0 Å². The third-order valence-electron chi connectivity index (χ3n) is 2.99. The molecule has 0 N–H and O–H groups in total. The first kappa shape index (κ1) is 10.7. The van der Waals surface area contributed by atoms with Crippen molar-refractivity contribution >= 4 is 0 Å². The van der Waals surface area contributed by atoms with E-state index >= 15 is 0 Å². The van der Waals surface area contributed by atoms with E-state index in [9.17, 15) is 0 Å². The molecule has 1 heterocycles. The Hall–Kier alpha value is -1.76. The van der Waals surface area contributed by atoms with Gasteiger partial charge in [-0.05, 0) is 30.5 Å². The molecule has 2 rings (SSSR count). The summed E-state index contributed by atoms with van der Waals surface area (Å²) < 4.78 is 2.22. The molecular formula is C15H17N. The Morgan fingerprint density at radius 2 is 1.62 bits per heavy atom. The molecule has 1 heteroatoms. The molecule has 0 radical (unpaired) electrons. The van der Waals surface area contributed by atoms with Crippen LogP contribution in [0.3, 0.4) is 0 Å². The third-order valence-corrected chi connectivity index (χ3v) is 2.99. The Balaban J connectivity index is 2.40. The predicted octanol–water partition coefficient (Wildman–Crippen LogP) is 3.88. The van der Waals surface area contributed by atoms with Crippen molar-refractivity contribution in [1.29, 1.82) is 0 Å². The first-order valence-electron chi connectivity index (χ1n) is 5.54. The Kier molecular flexibility index (Phi) is 2.95. The van der Waals surface area contributed by atoms with Gasteiger partial charge in [-0.15, -0.1) is 6.58 Å². The van der Waals surface area contributed by atoms with Crippen molar-refractivity contribution in [3.05, 3.63) is 72.1 Å². The van der Waals surface area contributed by atoms with E-state index in [-0.39, 0.29) is 6.04 Å². The molecule has 0 spiro atoms.